The van der Waals surface area contributed by atoms with Gasteiger partial charge in [0.1, 0.15) is 17.2 Å². The van der Waals surface area contributed by atoms with Crippen molar-refractivity contribution >= 4 is 78.9 Å². The fourth-order valence-electron chi connectivity index (χ4n) is 8.74. The van der Waals surface area contributed by atoms with Gasteiger partial charge in [0.15, 0.2) is 11.6 Å². The maximum absolute atomic E-state index is 13.3. The molecule has 0 amide bonds. The summed E-state index contributed by atoms with van der Waals surface area (Å²) in [5, 5.41) is 23.6. The summed E-state index contributed by atoms with van der Waals surface area (Å²) in [7, 11) is -4.61. The Hall–Kier alpha value is -7.58. The fourth-order valence-corrected chi connectivity index (χ4v) is 11.8. The molecule has 4 aromatic carbocycles. The van der Waals surface area contributed by atoms with Gasteiger partial charge in [-0.25, -0.2) is 0 Å². The third-order valence-corrected chi connectivity index (χ3v) is 17.0. The topological polar surface area (TPSA) is 242 Å². The van der Waals surface area contributed by atoms with Gasteiger partial charge in [0.2, 0.25) is 0 Å². The van der Waals surface area contributed by atoms with E-state index >= 15 is 0 Å². The maximum Gasteiger partial charge on any atom is 0.569 e. The molecule has 0 atom stereocenters. The average molecular weight is 1310 g/mol. The van der Waals surface area contributed by atoms with Crippen LogP contribution in [0, 0.1) is 0 Å². The zero-order valence-corrected chi connectivity index (χ0v) is 48.2. The Morgan fingerprint density at radius 2 is 1.10 bits per heavy atom. The first-order valence-corrected chi connectivity index (χ1v) is 28.7. The van der Waals surface area contributed by atoms with E-state index in [1.807, 2.05) is 0 Å². The van der Waals surface area contributed by atoms with Gasteiger partial charge in [-0.1, -0.05) is 53.5 Å². The number of fused-ring (bicyclic) bond motifs is 2. The standard InChI is InChI=1S/C26H21ClF3N5O4S.C19H17BrClN5O4S.C7H5BF3O2/c1-39-23-13-19(16-4-2-5-18(12-16)26(28,29)30)20(27)14-22(23)35-21-9-11-34(15-17(21)7-8-25(35)36)40(37,38)33-24-6-3-10-31-32-24;1-30-17-9-13(20)14(21)10-16(17)26-15-6-8-25(11-12(15)4-5-19(26)27)31(28,29)24-18-3-2-7-22-23-18;9-7(10,11)5-2-1-3-6(4-5)13-8-12/h2-8,10,12-14H,9,11,15H2,1H3,(H,32,33);2-5,7,9-10H,6,8,11H2,1H3,(H,23,24);1-4,12H. The summed E-state index contributed by atoms with van der Waals surface area (Å²) in [6.45, 7) is 0.310. The van der Waals surface area contributed by atoms with E-state index in [1.54, 1.807) is 36.4 Å². The van der Waals surface area contributed by atoms with Crippen LogP contribution in [0.3, 0.4) is 0 Å². The first-order chi connectivity index (χ1) is 39.8. The van der Waals surface area contributed by atoms with Crippen LogP contribution in [0.15, 0.2) is 148 Å². The van der Waals surface area contributed by atoms with Crippen LogP contribution < -0.4 is 34.7 Å². The second-order valence-corrected chi connectivity index (χ2v) is 22.8. The minimum atomic E-state index is -4.53. The molecule has 1 radical (unpaired) electrons. The minimum Gasteiger partial charge on any atom is -0.537 e. The quantitative estimate of drug-likeness (QED) is 0.0721. The molecule has 0 saturated heterocycles. The number of ether oxygens (including phenoxy) is 2. The van der Waals surface area contributed by atoms with Crippen molar-refractivity contribution in [1.29, 1.82) is 0 Å². The molecule has 32 heteroatoms. The number of nitrogens with one attached hydrogen (secondary N) is 2. The van der Waals surface area contributed by atoms with Crippen molar-refractivity contribution in [2.75, 3.05) is 36.8 Å². The first kappa shape index (κ1) is 62.5. The number of alkyl halides is 6. The predicted molar refractivity (Wildman–Crippen MR) is 303 cm³/mol. The Morgan fingerprint density at radius 3 is 1.56 bits per heavy atom. The van der Waals surface area contributed by atoms with E-state index in [0.29, 0.717) is 63.1 Å². The normalized spacial score (nSPS) is 13.6. The number of aromatic nitrogens is 6. The molecule has 4 aromatic heterocycles. The highest BCUT2D eigenvalue weighted by Crippen LogP contribution is 2.40. The first-order valence-electron chi connectivity index (χ1n) is 24.3. The number of hydrogen-bond donors (Lipinski definition) is 3. The Balaban J connectivity index is 0.000000184. The molecule has 20 nitrogen and oxygen atoms in total. The van der Waals surface area contributed by atoms with E-state index in [9.17, 15) is 52.8 Å². The van der Waals surface area contributed by atoms with Gasteiger partial charge in [-0.15, -0.1) is 10.2 Å². The molecule has 0 bridgehead atoms. The summed E-state index contributed by atoms with van der Waals surface area (Å²) >= 11 is 16.2. The van der Waals surface area contributed by atoms with Gasteiger partial charge in [-0.2, -0.15) is 62.0 Å². The van der Waals surface area contributed by atoms with E-state index in [0.717, 1.165) is 24.3 Å². The summed E-state index contributed by atoms with van der Waals surface area (Å²) in [5.41, 5.74) is 1.52. The van der Waals surface area contributed by atoms with E-state index in [4.69, 9.17) is 37.7 Å². The van der Waals surface area contributed by atoms with Crippen LogP contribution in [0.2, 0.25) is 10.0 Å². The van der Waals surface area contributed by atoms with Crippen molar-refractivity contribution in [2.24, 2.45) is 0 Å². The highest BCUT2D eigenvalue weighted by Gasteiger charge is 2.34. The van der Waals surface area contributed by atoms with Crippen molar-refractivity contribution in [2.45, 2.75) is 38.3 Å². The van der Waals surface area contributed by atoms with E-state index < -0.39 is 49.5 Å². The highest BCUT2D eigenvalue weighted by atomic mass is 79.9. The molecule has 10 rings (SSSR count). The van der Waals surface area contributed by atoms with Gasteiger partial charge in [-0.05, 0) is 111 Å². The zero-order chi connectivity index (χ0) is 60.7. The van der Waals surface area contributed by atoms with Gasteiger partial charge in [0.05, 0.1) is 46.8 Å². The summed E-state index contributed by atoms with van der Waals surface area (Å²) in [5.74, 6) is 0.807. The SMILES string of the molecule is COc1cc(-c2cccc(C(F)(F)F)c2)c(Cl)cc1-n1c2c(ccc1=O)CN(S(=O)(=O)Nc1cccnn1)CC2.COc1cc(Br)c(Cl)cc1-n1c2c(ccc1=O)CN(S(=O)(=O)Nc1cccnn1)CC2.O[B]Oc1cccc(C(F)(F)F)c1. The molecule has 6 heterocycles. The Kier molecular flexibility index (Phi) is 19.4. The molecule has 0 fully saturated rings. The Bertz CT molecular complexity index is 4070. The van der Waals surface area contributed by atoms with Gasteiger partial charge >= 0.3 is 40.5 Å². The lowest BCUT2D eigenvalue weighted by Crippen LogP contribution is -2.41. The molecule has 0 spiro atoms. The number of pyridine rings is 2. The molecule has 3 N–H and O–H groups in total. The second kappa shape index (κ2) is 26.1. The lowest BCUT2D eigenvalue weighted by molar-refractivity contribution is -0.138. The van der Waals surface area contributed by atoms with Crippen molar-refractivity contribution < 1.29 is 62.3 Å². The van der Waals surface area contributed by atoms with Crippen molar-refractivity contribution in [3.8, 4) is 39.8 Å². The molecule has 439 valence electrons. The number of hydrogen-bond acceptors (Lipinski definition) is 14. The molecule has 84 heavy (non-hydrogen) atoms. The van der Waals surface area contributed by atoms with Crippen LogP contribution >= 0.6 is 39.1 Å². The number of methoxy groups -OCH3 is 2. The maximum atomic E-state index is 13.3. The molecule has 2 aliphatic heterocycles. The molecule has 0 unspecified atom stereocenters. The summed E-state index contributed by atoms with van der Waals surface area (Å²) in [6, 6.07) is 27.3. The lowest BCUT2D eigenvalue weighted by Gasteiger charge is -2.30. The van der Waals surface area contributed by atoms with Gasteiger partial charge in [0.25, 0.3) is 11.1 Å². The third kappa shape index (κ3) is 14.7. The molecule has 2 aliphatic rings. The number of nitrogens with zero attached hydrogens (tertiary/aromatic N) is 8. The highest BCUT2D eigenvalue weighted by molar-refractivity contribution is 9.10. The largest absolute Gasteiger partial charge is 0.569 e. The summed E-state index contributed by atoms with van der Waals surface area (Å²) in [6.07, 6.45) is -5.55. The van der Waals surface area contributed by atoms with Crippen LogP contribution in [0.4, 0.5) is 38.0 Å². The lowest BCUT2D eigenvalue weighted by atomic mass is 10.0. The average Bonchev–Trinajstić information content (AvgIpc) is 3.19. The van der Waals surface area contributed by atoms with E-state index in [2.05, 4.69) is 50.4 Å². The number of rotatable bonds is 13. The monoisotopic (exact) mass is 1310 g/mol. The Morgan fingerprint density at radius 1 is 0.619 bits per heavy atom. The Labute approximate surface area is 494 Å². The number of anilines is 2. The van der Waals surface area contributed by atoms with Crippen LogP contribution in [-0.4, -0.2) is 95.0 Å². The molecule has 0 saturated carbocycles. The van der Waals surface area contributed by atoms with Crippen LogP contribution in [-0.2, 0) is 58.7 Å². The molecule has 0 aliphatic carbocycles. The van der Waals surface area contributed by atoms with Crippen LogP contribution in [0.5, 0.6) is 17.2 Å². The fraction of sp³-hybridized carbons (Fsp3) is 0.192. The smallest absolute Gasteiger partial charge is 0.537 e. The van der Waals surface area contributed by atoms with E-state index in [1.165, 1.54) is 105 Å². The molecule has 8 aromatic rings. The number of benzene rings is 4. The molecular formula is C52H43BBrCl2F6N10O10S2. The van der Waals surface area contributed by atoms with Crippen LogP contribution in [0.1, 0.15) is 33.6 Å². The van der Waals surface area contributed by atoms with Gasteiger partial charge < -0.3 is 19.2 Å². The van der Waals surface area contributed by atoms with E-state index in [-0.39, 0.29) is 77.6 Å². The summed E-state index contributed by atoms with van der Waals surface area (Å²) in [4.78, 5) is 25.8. The van der Waals surface area contributed by atoms with Crippen molar-refractivity contribution in [1.82, 2.24) is 38.1 Å². The van der Waals surface area contributed by atoms with Crippen molar-refractivity contribution in [3.63, 3.8) is 0 Å². The van der Waals surface area contributed by atoms with Gasteiger partial charge in [-0.3, -0.25) is 28.2 Å². The van der Waals surface area contributed by atoms with Crippen LogP contribution in [0.25, 0.3) is 22.5 Å². The predicted octanol–water partition coefficient (Wildman–Crippen LogP) is 9.07. The van der Waals surface area contributed by atoms with Crippen molar-refractivity contribution in [3.05, 3.63) is 203 Å². The minimum absolute atomic E-state index is 0.0242. The number of halogens is 9. The third-order valence-electron chi connectivity index (χ3n) is 12.6. The molecular weight excluding hydrogens is 1260 g/mol. The van der Waals surface area contributed by atoms with Gasteiger partial charge in [0, 0.05) is 85.0 Å². The summed E-state index contributed by atoms with van der Waals surface area (Å²) < 4.78 is 154. The zero-order valence-electron chi connectivity index (χ0n) is 43.4. The second-order valence-electron chi connectivity index (χ2n) is 17.8.